The molecule has 0 unspecified atom stereocenters. The van der Waals surface area contributed by atoms with Gasteiger partial charge in [-0.05, 0) is 48.5 Å². The van der Waals surface area contributed by atoms with Gasteiger partial charge in [-0.1, -0.05) is 0 Å². The van der Waals surface area contributed by atoms with Gasteiger partial charge in [-0.15, -0.1) is 0 Å². The Balaban J connectivity index is 2.04. The highest BCUT2D eigenvalue weighted by Crippen LogP contribution is 2.17. The number of halogens is 1. The molecule has 0 fully saturated rings. The van der Waals surface area contributed by atoms with Gasteiger partial charge in [-0.25, -0.2) is 9.18 Å². The van der Waals surface area contributed by atoms with Crippen molar-refractivity contribution in [2.75, 3.05) is 5.32 Å². The second kappa shape index (κ2) is 5.97. The van der Waals surface area contributed by atoms with Gasteiger partial charge in [0.25, 0.3) is 0 Å². The van der Waals surface area contributed by atoms with Crippen molar-refractivity contribution in [1.82, 2.24) is 0 Å². The van der Waals surface area contributed by atoms with Gasteiger partial charge in [0.15, 0.2) is 0 Å². The van der Waals surface area contributed by atoms with E-state index >= 15 is 0 Å². The zero-order valence-corrected chi connectivity index (χ0v) is 10.7. The fourth-order valence-electron chi connectivity index (χ4n) is 1.56. The summed E-state index contributed by atoms with van der Waals surface area (Å²) in [5.74, 6) is -0.826. The van der Waals surface area contributed by atoms with E-state index in [4.69, 9.17) is 4.74 Å². The summed E-state index contributed by atoms with van der Waals surface area (Å²) in [6.07, 6.45) is 0. The van der Waals surface area contributed by atoms with Crippen LogP contribution in [0.3, 0.4) is 0 Å². The first-order chi connectivity index (χ1) is 9.54. The molecule has 2 aromatic carbocycles. The van der Waals surface area contributed by atoms with Crippen LogP contribution >= 0.6 is 0 Å². The molecule has 0 aliphatic carbocycles. The molecule has 0 saturated carbocycles. The average Bonchev–Trinajstić information content (AvgIpc) is 2.41. The topological polar surface area (TPSA) is 55.4 Å². The van der Waals surface area contributed by atoms with E-state index in [1.165, 1.54) is 31.2 Å². The van der Waals surface area contributed by atoms with Gasteiger partial charge in [0, 0.05) is 12.6 Å². The van der Waals surface area contributed by atoms with Crippen LogP contribution in [0, 0.1) is 5.82 Å². The Kier molecular flexibility index (Phi) is 4.10. The summed E-state index contributed by atoms with van der Waals surface area (Å²) >= 11 is 0. The third-order valence-electron chi connectivity index (χ3n) is 2.47. The van der Waals surface area contributed by atoms with Gasteiger partial charge < -0.3 is 10.1 Å². The summed E-state index contributed by atoms with van der Waals surface area (Å²) < 4.78 is 17.9. The highest BCUT2D eigenvalue weighted by atomic mass is 19.1. The molecule has 5 heteroatoms. The minimum absolute atomic E-state index is 0.180. The molecule has 102 valence electrons. The highest BCUT2D eigenvalue weighted by Gasteiger charge is 2.08. The second-order valence-corrected chi connectivity index (χ2v) is 4.10. The smallest absolute Gasteiger partial charge is 0.343 e. The second-order valence-electron chi connectivity index (χ2n) is 4.10. The van der Waals surface area contributed by atoms with Crippen molar-refractivity contribution in [3.63, 3.8) is 0 Å². The summed E-state index contributed by atoms with van der Waals surface area (Å²) in [7, 11) is 0. The third-order valence-corrected chi connectivity index (χ3v) is 2.47. The molecule has 20 heavy (non-hydrogen) atoms. The molecule has 4 nitrogen and oxygen atoms in total. The van der Waals surface area contributed by atoms with Gasteiger partial charge in [-0.2, -0.15) is 0 Å². The number of benzene rings is 2. The van der Waals surface area contributed by atoms with Gasteiger partial charge in [-0.3, -0.25) is 4.79 Å². The lowest BCUT2D eigenvalue weighted by Crippen LogP contribution is -2.09. The van der Waals surface area contributed by atoms with Gasteiger partial charge >= 0.3 is 5.97 Å². The van der Waals surface area contributed by atoms with Gasteiger partial charge in [0.2, 0.25) is 5.91 Å². The van der Waals surface area contributed by atoms with Crippen LogP contribution in [-0.2, 0) is 4.79 Å². The molecule has 1 N–H and O–H groups in total. The Morgan fingerprint density at radius 3 is 2.15 bits per heavy atom. The minimum atomic E-state index is -0.572. The molecule has 0 bridgehead atoms. The van der Waals surface area contributed by atoms with E-state index in [-0.39, 0.29) is 11.5 Å². The molecule has 2 rings (SSSR count). The fourth-order valence-corrected chi connectivity index (χ4v) is 1.56. The molecule has 0 radical (unpaired) electrons. The molecule has 0 saturated heterocycles. The lowest BCUT2D eigenvalue weighted by molar-refractivity contribution is -0.114. The molecule has 0 aliphatic heterocycles. The van der Waals surface area contributed by atoms with Crippen LogP contribution in [0.1, 0.15) is 17.3 Å². The molecule has 0 aromatic heterocycles. The Morgan fingerprint density at radius 1 is 1.00 bits per heavy atom. The van der Waals surface area contributed by atoms with Gasteiger partial charge in [0.05, 0.1) is 5.56 Å². The Hall–Kier alpha value is -2.69. The lowest BCUT2D eigenvalue weighted by Gasteiger charge is -2.06. The monoisotopic (exact) mass is 273 g/mol. The SMILES string of the molecule is CC(=O)Nc1ccc(OC(=O)c2ccc(F)cc2)cc1. The van der Waals surface area contributed by atoms with E-state index in [0.717, 1.165) is 0 Å². The maximum atomic E-state index is 12.7. The summed E-state index contributed by atoms with van der Waals surface area (Å²) in [6, 6.07) is 11.4. The number of rotatable bonds is 3. The average molecular weight is 273 g/mol. The number of esters is 1. The van der Waals surface area contributed by atoms with E-state index in [9.17, 15) is 14.0 Å². The maximum absolute atomic E-state index is 12.7. The summed E-state index contributed by atoms with van der Waals surface area (Å²) in [4.78, 5) is 22.6. The normalized spacial score (nSPS) is 9.90. The molecule has 2 aromatic rings. The largest absolute Gasteiger partial charge is 0.423 e. The van der Waals surface area contributed by atoms with Crippen LogP contribution < -0.4 is 10.1 Å². The van der Waals surface area contributed by atoms with E-state index in [0.29, 0.717) is 11.4 Å². The van der Waals surface area contributed by atoms with Crippen LogP contribution in [0.25, 0.3) is 0 Å². The van der Waals surface area contributed by atoms with Crippen LogP contribution in [0.15, 0.2) is 48.5 Å². The van der Waals surface area contributed by atoms with Crippen molar-refractivity contribution >= 4 is 17.6 Å². The first-order valence-corrected chi connectivity index (χ1v) is 5.90. The third kappa shape index (κ3) is 3.65. The Morgan fingerprint density at radius 2 is 1.60 bits per heavy atom. The Bertz CT molecular complexity index is 621. The molecule has 0 aliphatic rings. The first kappa shape index (κ1) is 13.7. The lowest BCUT2D eigenvalue weighted by atomic mass is 10.2. The number of anilines is 1. The number of carbonyl (C=O) groups excluding carboxylic acids is 2. The van der Waals surface area contributed by atoms with Crippen molar-refractivity contribution in [2.45, 2.75) is 6.92 Å². The standard InChI is InChI=1S/C15H12FNO3/c1-10(18)17-13-6-8-14(9-7-13)20-15(19)11-2-4-12(16)5-3-11/h2-9H,1H3,(H,17,18). The molecule has 0 atom stereocenters. The van der Waals surface area contributed by atoms with Crippen molar-refractivity contribution in [3.05, 3.63) is 59.9 Å². The molecule has 0 spiro atoms. The minimum Gasteiger partial charge on any atom is -0.423 e. The van der Waals surface area contributed by atoms with Crippen molar-refractivity contribution < 1.29 is 18.7 Å². The Labute approximate surface area is 115 Å². The van der Waals surface area contributed by atoms with Crippen molar-refractivity contribution in [3.8, 4) is 5.75 Å². The van der Waals surface area contributed by atoms with Crippen LogP contribution in [0.2, 0.25) is 0 Å². The summed E-state index contributed by atoms with van der Waals surface area (Å²) in [5, 5.41) is 2.60. The number of carbonyl (C=O) groups is 2. The number of nitrogens with one attached hydrogen (secondary N) is 1. The maximum Gasteiger partial charge on any atom is 0.343 e. The predicted octanol–water partition coefficient (Wildman–Crippen LogP) is 3.00. The van der Waals surface area contributed by atoms with E-state index in [1.807, 2.05) is 0 Å². The number of amides is 1. The quantitative estimate of drug-likeness (QED) is 0.691. The van der Waals surface area contributed by atoms with Crippen LogP contribution in [-0.4, -0.2) is 11.9 Å². The molecular weight excluding hydrogens is 261 g/mol. The first-order valence-electron chi connectivity index (χ1n) is 5.90. The predicted molar refractivity (Wildman–Crippen MR) is 72.1 cm³/mol. The number of hydrogen-bond donors (Lipinski definition) is 1. The summed E-state index contributed by atoms with van der Waals surface area (Å²) in [6.45, 7) is 1.41. The van der Waals surface area contributed by atoms with Crippen LogP contribution in [0.5, 0.6) is 5.75 Å². The van der Waals surface area contributed by atoms with Gasteiger partial charge in [0.1, 0.15) is 11.6 Å². The fraction of sp³-hybridized carbons (Fsp3) is 0.0667. The van der Waals surface area contributed by atoms with E-state index in [2.05, 4.69) is 5.32 Å². The number of ether oxygens (including phenoxy) is 1. The van der Waals surface area contributed by atoms with Crippen molar-refractivity contribution in [2.24, 2.45) is 0 Å². The highest BCUT2D eigenvalue weighted by molar-refractivity contribution is 5.91. The molecule has 0 heterocycles. The van der Waals surface area contributed by atoms with Crippen molar-refractivity contribution in [1.29, 1.82) is 0 Å². The summed E-state index contributed by atoms with van der Waals surface area (Å²) in [5.41, 5.74) is 0.872. The van der Waals surface area contributed by atoms with E-state index in [1.54, 1.807) is 24.3 Å². The zero-order valence-electron chi connectivity index (χ0n) is 10.7. The zero-order chi connectivity index (χ0) is 14.5. The molecular formula is C15H12FNO3. The molecule has 1 amide bonds. The van der Waals surface area contributed by atoms with Crippen LogP contribution in [0.4, 0.5) is 10.1 Å². The number of hydrogen-bond acceptors (Lipinski definition) is 3. The van der Waals surface area contributed by atoms with E-state index < -0.39 is 11.8 Å².